The monoisotopic (exact) mass is 253 g/mol. The van der Waals surface area contributed by atoms with Crippen LogP contribution in [0.1, 0.15) is 18.4 Å². The normalized spacial score (nSPS) is 16.5. The van der Waals surface area contributed by atoms with Crippen LogP contribution in [0.2, 0.25) is 0 Å². The highest BCUT2D eigenvalue weighted by Crippen LogP contribution is 2.45. The molecular weight excluding hydrogens is 238 g/mol. The van der Waals surface area contributed by atoms with Gasteiger partial charge in [0.1, 0.15) is 5.75 Å². The van der Waals surface area contributed by atoms with Crippen LogP contribution in [-0.4, -0.2) is 23.4 Å². The molecule has 17 heavy (non-hydrogen) atoms. The van der Waals surface area contributed by atoms with Gasteiger partial charge in [0.15, 0.2) is 0 Å². The van der Waals surface area contributed by atoms with Gasteiger partial charge in [-0.25, -0.2) is 0 Å². The molecule has 0 spiro atoms. The quantitative estimate of drug-likeness (QED) is 0.790. The SMILES string of the molecule is O=C(Cc1ccccc1O)NCC1(CCl)CC1. The molecule has 0 aromatic heterocycles. The minimum absolute atomic E-state index is 0.0668. The fourth-order valence-electron chi connectivity index (χ4n) is 1.72. The summed E-state index contributed by atoms with van der Waals surface area (Å²) >= 11 is 5.83. The van der Waals surface area contributed by atoms with Gasteiger partial charge in [0.05, 0.1) is 6.42 Å². The maximum Gasteiger partial charge on any atom is 0.224 e. The zero-order valence-electron chi connectivity index (χ0n) is 9.58. The number of nitrogens with one attached hydrogen (secondary N) is 1. The Morgan fingerprint density at radius 3 is 2.71 bits per heavy atom. The molecule has 0 bridgehead atoms. The third kappa shape index (κ3) is 3.13. The molecule has 1 saturated carbocycles. The van der Waals surface area contributed by atoms with E-state index in [0.717, 1.165) is 12.8 Å². The van der Waals surface area contributed by atoms with Crippen molar-refractivity contribution < 1.29 is 9.90 Å². The van der Waals surface area contributed by atoms with Gasteiger partial charge in [0, 0.05) is 23.4 Å². The standard InChI is InChI=1S/C13H16ClNO2/c14-8-13(5-6-13)9-15-12(17)7-10-3-1-2-4-11(10)16/h1-4,16H,5-9H2,(H,15,17). The maximum atomic E-state index is 11.7. The highest BCUT2D eigenvalue weighted by atomic mass is 35.5. The molecule has 0 saturated heterocycles. The van der Waals surface area contributed by atoms with Crippen LogP contribution in [0.4, 0.5) is 0 Å². The van der Waals surface area contributed by atoms with Gasteiger partial charge in [0.2, 0.25) is 5.91 Å². The van der Waals surface area contributed by atoms with Gasteiger partial charge in [-0.2, -0.15) is 0 Å². The lowest BCUT2D eigenvalue weighted by Crippen LogP contribution is -2.32. The average Bonchev–Trinajstić information content (AvgIpc) is 3.10. The number of carbonyl (C=O) groups is 1. The number of rotatable bonds is 5. The Kier molecular flexibility index (Phi) is 3.57. The number of para-hydroxylation sites is 1. The molecule has 1 aliphatic carbocycles. The number of halogens is 1. The van der Waals surface area contributed by atoms with Crippen LogP contribution >= 0.6 is 11.6 Å². The van der Waals surface area contributed by atoms with Crippen molar-refractivity contribution in [3.63, 3.8) is 0 Å². The third-order valence-electron chi connectivity index (χ3n) is 3.24. The van der Waals surface area contributed by atoms with Crippen LogP contribution in [0.3, 0.4) is 0 Å². The number of carbonyl (C=O) groups excluding carboxylic acids is 1. The molecule has 0 heterocycles. The summed E-state index contributed by atoms with van der Waals surface area (Å²) < 4.78 is 0. The number of alkyl halides is 1. The zero-order valence-corrected chi connectivity index (χ0v) is 10.3. The number of phenols is 1. The Morgan fingerprint density at radius 1 is 1.41 bits per heavy atom. The van der Waals surface area contributed by atoms with E-state index in [1.165, 1.54) is 0 Å². The van der Waals surface area contributed by atoms with Crippen molar-refractivity contribution in [1.82, 2.24) is 5.32 Å². The van der Waals surface area contributed by atoms with Crippen molar-refractivity contribution in [3.8, 4) is 5.75 Å². The summed E-state index contributed by atoms with van der Waals surface area (Å²) in [5.74, 6) is 0.702. The summed E-state index contributed by atoms with van der Waals surface area (Å²) in [6.07, 6.45) is 2.39. The summed E-state index contributed by atoms with van der Waals surface area (Å²) in [6.45, 7) is 0.642. The molecule has 0 radical (unpaired) electrons. The van der Waals surface area contributed by atoms with E-state index in [9.17, 15) is 9.90 Å². The number of aromatic hydroxyl groups is 1. The summed E-state index contributed by atoms with van der Waals surface area (Å²) in [7, 11) is 0. The van der Waals surface area contributed by atoms with Gasteiger partial charge in [-0.15, -0.1) is 11.6 Å². The number of amides is 1. The van der Waals surface area contributed by atoms with Crippen LogP contribution < -0.4 is 5.32 Å². The summed E-state index contributed by atoms with van der Waals surface area (Å²) in [5, 5.41) is 12.4. The first-order valence-corrected chi connectivity index (χ1v) is 6.28. The third-order valence-corrected chi connectivity index (χ3v) is 3.81. The lowest BCUT2D eigenvalue weighted by molar-refractivity contribution is -0.120. The van der Waals surface area contributed by atoms with Crippen molar-refractivity contribution in [2.75, 3.05) is 12.4 Å². The Hall–Kier alpha value is -1.22. The van der Waals surface area contributed by atoms with Crippen LogP contribution in [-0.2, 0) is 11.2 Å². The smallest absolute Gasteiger partial charge is 0.224 e. The van der Waals surface area contributed by atoms with Crippen LogP contribution in [0.25, 0.3) is 0 Å². The predicted molar refractivity (Wildman–Crippen MR) is 67.2 cm³/mol. The number of benzene rings is 1. The van der Waals surface area contributed by atoms with Gasteiger partial charge < -0.3 is 10.4 Å². The molecule has 4 heteroatoms. The first kappa shape index (κ1) is 12.2. The Bertz CT molecular complexity index is 416. The molecule has 2 rings (SSSR count). The number of phenolic OH excluding ortho intramolecular Hbond substituents is 1. The molecule has 92 valence electrons. The van der Waals surface area contributed by atoms with E-state index in [2.05, 4.69) is 5.32 Å². The Labute approximate surface area is 106 Å². The van der Waals surface area contributed by atoms with E-state index in [1.807, 2.05) is 6.07 Å². The van der Waals surface area contributed by atoms with Crippen molar-refractivity contribution in [3.05, 3.63) is 29.8 Å². The largest absolute Gasteiger partial charge is 0.508 e. The minimum atomic E-state index is -0.0668. The average molecular weight is 254 g/mol. The minimum Gasteiger partial charge on any atom is -0.508 e. The maximum absolute atomic E-state index is 11.7. The van der Waals surface area contributed by atoms with Crippen molar-refractivity contribution in [1.29, 1.82) is 0 Å². The summed E-state index contributed by atoms with van der Waals surface area (Å²) in [4.78, 5) is 11.7. The van der Waals surface area contributed by atoms with Crippen molar-refractivity contribution in [2.24, 2.45) is 5.41 Å². The van der Waals surface area contributed by atoms with E-state index in [1.54, 1.807) is 18.2 Å². The molecular formula is C13H16ClNO2. The van der Waals surface area contributed by atoms with E-state index in [4.69, 9.17) is 11.6 Å². The Balaban J connectivity index is 1.83. The zero-order chi connectivity index (χ0) is 12.3. The predicted octanol–water partition coefficient (Wildman–Crippen LogP) is 2.07. The fourth-order valence-corrected chi connectivity index (χ4v) is 2.08. The van der Waals surface area contributed by atoms with Gasteiger partial charge in [0.25, 0.3) is 0 Å². The van der Waals surface area contributed by atoms with E-state index in [0.29, 0.717) is 18.0 Å². The fraction of sp³-hybridized carbons (Fsp3) is 0.462. The van der Waals surface area contributed by atoms with Gasteiger partial charge in [-0.3, -0.25) is 4.79 Å². The first-order chi connectivity index (χ1) is 8.15. The topological polar surface area (TPSA) is 49.3 Å². The lowest BCUT2D eigenvalue weighted by Gasteiger charge is -2.12. The number of hydrogen-bond acceptors (Lipinski definition) is 2. The van der Waals surface area contributed by atoms with E-state index in [-0.39, 0.29) is 23.5 Å². The molecule has 0 atom stereocenters. The second-order valence-electron chi connectivity index (χ2n) is 4.72. The summed E-state index contributed by atoms with van der Waals surface area (Å²) in [5.41, 5.74) is 0.788. The highest BCUT2D eigenvalue weighted by molar-refractivity contribution is 6.18. The van der Waals surface area contributed by atoms with Crippen LogP contribution in [0.15, 0.2) is 24.3 Å². The Morgan fingerprint density at radius 2 is 2.12 bits per heavy atom. The molecule has 3 nitrogen and oxygen atoms in total. The highest BCUT2D eigenvalue weighted by Gasteiger charge is 2.41. The van der Waals surface area contributed by atoms with Gasteiger partial charge in [-0.1, -0.05) is 18.2 Å². The molecule has 1 aliphatic rings. The lowest BCUT2D eigenvalue weighted by atomic mass is 10.1. The van der Waals surface area contributed by atoms with Crippen LogP contribution in [0, 0.1) is 5.41 Å². The van der Waals surface area contributed by atoms with E-state index >= 15 is 0 Å². The summed E-state index contributed by atoms with van der Waals surface area (Å²) in [6, 6.07) is 6.89. The first-order valence-electron chi connectivity index (χ1n) is 5.75. The number of hydrogen-bond donors (Lipinski definition) is 2. The molecule has 2 N–H and O–H groups in total. The van der Waals surface area contributed by atoms with Gasteiger partial charge in [-0.05, 0) is 18.9 Å². The van der Waals surface area contributed by atoms with Gasteiger partial charge >= 0.3 is 0 Å². The van der Waals surface area contributed by atoms with E-state index < -0.39 is 0 Å². The molecule has 1 amide bonds. The molecule has 0 unspecified atom stereocenters. The molecule has 0 aliphatic heterocycles. The second kappa shape index (κ2) is 4.96. The molecule has 1 aromatic carbocycles. The second-order valence-corrected chi connectivity index (χ2v) is 4.98. The molecule has 1 fully saturated rings. The van der Waals surface area contributed by atoms with Crippen molar-refractivity contribution in [2.45, 2.75) is 19.3 Å². The van der Waals surface area contributed by atoms with Crippen molar-refractivity contribution >= 4 is 17.5 Å². The van der Waals surface area contributed by atoms with Crippen LogP contribution in [0.5, 0.6) is 5.75 Å². The molecule has 1 aromatic rings.